The molecule has 1 aliphatic rings. The number of aliphatic hydroxyl groups is 1. The number of hydrogen-bond donors (Lipinski definition) is 3. The number of aliphatic hydroxyl groups excluding tert-OH is 1. The van der Waals surface area contributed by atoms with E-state index in [0.717, 1.165) is 36.5 Å². The van der Waals surface area contributed by atoms with Crippen LogP contribution in [-0.2, 0) is 19.4 Å². The lowest BCUT2D eigenvalue weighted by atomic mass is 9.99. The van der Waals surface area contributed by atoms with Gasteiger partial charge in [0.1, 0.15) is 11.6 Å². The summed E-state index contributed by atoms with van der Waals surface area (Å²) in [5.41, 5.74) is 4.06. The molecule has 42 heavy (non-hydrogen) atoms. The molecule has 4 rings (SSSR count). The monoisotopic (exact) mass is 599 g/mol. The summed E-state index contributed by atoms with van der Waals surface area (Å²) in [5, 5.41) is 17.2. The molecule has 226 valence electrons. The van der Waals surface area contributed by atoms with Gasteiger partial charge in [0.15, 0.2) is 0 Å². The van der Waals surface area contributed by atoms with Crippen molar-refractivity contribution in [2.45, 2.75) is 71.2 Å². The van der Waals surface area contributed by atoms with Crippen molar-refractivity contribution in [1.29, 1.82) is 0 Å². The van der Waals surface area contributed by atoms with Crippen LogP contribution in [0.3, 0.4) is 0 Å². The van der Waals surface area contributed by atoms with Gasteiger partial charge in [-0.1, -0.05) is 31.2 Å². The van der Waals surface area contributed by atoms with E-state index in [1.165, 1.54) is 17.7 Å². The molecular formula is C33H40ClF2N3O3. The molecule has 0 aromatic heterocycles. The van der Waals surface area contributed by atoms with Gasteiger partial charge in [-0.25, -0.2) is 8.78 Å². The fourth-order valence-corrected chi connectivity index (χ4v) is 5.42. The number of rotatable bonds is 11. The topological polar surface area (TPSA) is 81.7 Å². The molecule has 1 unspecified atom stereocenters. The van der Waals surface area contributed by atoms with Crippen molar-refractivity contribution in [3.05, 3.63) is 106 Å². The summed E-state index contributed by atoms with van der Waals surface area (Å²) in [5.74, 6) is -2.05. The average Bonchev–Trinajstić information content (AvgIpc) is 3.37. The smallest absolute Gasteiger partial charge is 0.254 e. The van der Waals surface area contributed by atoms with Gasteiger partial charge in [0.2, 0.25) is 0 Å². The highest BCUT2D eigenvalue weighted by atomic mass is 35.5. The maximum atomic E-state index is 13.9. The Balaban J connectivity index is 0.00000484. The molecule has 0 aliphatic carbocycles. The number of carbonyl (C=O) groups excluding carboxylic acids is 2. The molecule has 3 atom stereocenters. The Kier molecular flexibility index (Phi) is 12.0. The minimum Gasteiger partial charge on any atom is -0.390 e. The van der Waals surface area contributed by atoms with Crippen LogP contribution in [0.15, 0.2) is 60.7 Å². The second-order valence-electron chi connectivity index (χ2n) is 11.0. The molecule has 0 saturated carbocycles. The predicted octanol–water partition coefficient (Wildman–Crippen LogP) is 5.37. The van der Waals surface area contributed by atoms with E-state index in [-0.39, 0.29) is 42.9 Å². The molecule has 0 radical (unpaired) electrons. The maximum Gasteiger partial charge on any atom is 0.254 e. The number of aryl methyl sites for hydroxylation is 2. The van der Waals surface area contributed by atoms with Crippen molar-refractivity contribution in [3.63, 3.8) is 0 Å². The number of nitrogens with one attached hydrogen (secondary N) is 2. The van der Waals surface area contributed by atoms with Crippen molar-refractivity contribution in [1.82, 2.24) is 15.5 Å². The van der Waals surface area contributed by atoms with Crippen LogP contribution in [0.4, 0.5) is 8.78 Å². The SMILES string of the molecule is CCc1cccc(CNC[C@H](O)[C@H](Cc2cc(F)cc(F)c2)NC(=O)c2cc(C)cc(C(=O)N3CCCC3C)c2)c1.Cl. The lowest BCUT2D eigenvalue weighted by Gasteiger charge is -2.25. The van der Waals surface area contributed by atoms with Crippen molar-refractivity contribution in [3.8, 4) is 0 Å². The molecular weight excluding hydrogens is 560 g/mol. The summed E-state index contributed by atoms with van der Waals surface area (Å²) in [7, 11) is 0. The van der Waals surface area contributed by atoms with Gasteiger partial charge in [0, 0.05) is 42.9 Å². The summed E-state index contributed by atoms with van der Waals surface area (Å²) < 4.78 is 27.9. The minimum absolute atomic E-state index is 0. The quantitative estimate of drug-likeness (QED) is 0.277. The molecule has 1 heterocycles. The van der Waals surface area contributed by atoms with Crippen LogP contribution in [0.1, 0.15) is 69.7 Å². The zero-order valence-electron chi connectivity index (χ0n) is 24.3. The number of nitrogens with zero attached hydrogens (tertiary/aromatic N) is 1. The van der Waals surface area contributed by atoms with E-state index in [0.29, 0.717) is 24.2 Å². The fourth-order valence-electron chi connectivity index (χ4n) is 5.42. The van der Waals surface area contributed by atoms with Crippen LogP contribution in [0.2, 0.25) is 0 Å². The minimum atomic E-state index is -1.06. The number of likely N-dealkylation sites (tertiary alicyclic amines) is 1. The molecule has 0 spiro atoms. The predicted molar refractivity (Wildman–Crippen MR) is 163 cm³/mol. The molecule has 3 N–H and O–H groups in total. The highest BCUT2D eigenvalue weighted by molar-refractivity contribution is 6.00. The molecule has 9 heteroatoms. The van der Waals surface area contributed by atoms with E-state index in [4.69, 9.17) is 0 Å². The summed E-state index contributed by atoms with van der Waals surface area (Å²) in [4.78, 5) is 28.4. The van der Waals surface area contributed by atoms with Gasteiger partial charge in [-0.3, -0.25) is 9.59 Å². The van der Waals surface area contributed by atoms with E-state index in [1.807, 2.05) is 30.9 Å². The fraction of sp³-hybridized carbons (Fsp3) is 0.394. The molecule has 1 saturated heterocycles. The van der Waals surface area contributed by atoms with Crippen LogP contribution in [0.5, 0.6) is 0 Å². The standard InChI is InChI=1S/C33H39F2N3O3.ClH/c1-4-23-8-5-9-24(13-23)19-36-20-31(39)30(16-25-14-28(34)18-29(35)15-25)37-32(40)26-11-21(2)12-27(17-26)33(41)38-10-6-7-22(38)3;/h5,8-9,11-15,17-18,22,30-31,36,39H,4,6-7,10,16,19-20H2,1-3H3,(H,37,40);1H/t22?,30-,31-;/m0./s1. The Labute approximate surface area is 252 Å². The molecule has 6 nitrogen and oxygen atoms in total. The lowest BCUT2D eigenvalue weighted by Crippen LogP contribution is -2.48. The molecule has 3 aromatic rings. The zero-order valence-corrected chi connectivity index (χ0v) is 25.1. The first-order chi connectivity index (χ1) is 19.6. The Morgan fingerprint density at radius 3 is 2.36 bits per heavy atom. The zero-order chi connectivity index (χ0) is 29.5. The number of carbonyl (C=O) groups is 2. The molecule has 1 aliphatic heterocycles. The Morgan fingerprint density at radius 1 is 1.00 bits per heavy atom. The second kappa shape index (κ2) is 15.2. The maximum absolute atomic E-state index is 13.9. The number of amides is 2. The molecule has 2 amide bonds. The second-order valence-corrected chi connectivity index (χ2v) is 11.0. The summed E-state index contributed by atoms with van der Waals surface area (Å²) in [6.07, 6.45) is 1.76. The summed E-state index contributed by atoms with van der Waals surface area (Å²) in [6, 6.07) is 15.6. The first-order valence-corrected chi connectivity index (χ1v) is 14.3. The van der Waals surface area contributed by atoms with Crippen molar-refractivity contribution in [2.75, 3.05) is 13.1 Å². The van der Waals surface area contributed by atoms with Gasteiger partial charge in [-0.2, -0.15) is 0 Å². The Hall–Kier alpha value is -3.33. The van der Waals surface area contributed by atoms with Gasteiger partial charge >= 0.3 is 0 Å². The summed E-state index contributed by atoms with van der Waals surface area (Å²) >= 11 is 0. The van der Waals surface area contributed by atoms with E-state index >= 15 is 0 Å². The van der Waals surface area contributed by atoms with Gasteiger partial charge < -0.3 is 20.6 Å². The Bertz CT molecular complexity index is 1370. The van der Waals surface area contributed by atoms with Crippen LogP contribution in [0, 0.1) is 18.6 Å². The third kappa shape index (κ3) is 8.84. The Morgan fingerprint density at radius 2 is 1.69 bits per heavy atom. The van der Waals surface area contributed by atoms with Gasteiger partial charge in [-0.05, 0) is 92.1 Å². The van der Waals surface area contributed by atoms with E-state index in [2.05, 4.69) is 29.7 Å². The van der Waals surface area contributed by atoms with Crippen molar-refractivity contribution < 1.29 is 23.5 Å². The number of halogens is 3. The van der Waals surface area contributed by atoms with Crippen LogP contribution in [0.25, 0.3) is 0 Å². The largest absolute Gasteiger partial charge is 0.390 e. The lowest BCUT2D eigenvalue weighted by molar-refractivity contribution is 0.0747. The molecule has 1 fully saturated rings. The van der Waals surface area contributed by atoms with Crippen molar-refractivity contribution in [2.24, 2.45) is 0 Å². The molecule has 3 aromatic carbocycles. The van der Waals surface area contributed by atoms with Gasteiger partial charge in [0.05, 0.1) is 12.1 Å². The molecule has 0 bridgehead atoms. The van der Waals surface area contributed by atoms with E-state index in [9.17, 15) is 23.5 Å². The third-order valence-electron chi connectivity index (χ3n) is 7.64. The number of benzene rings is 3. The average molecular weight is 600 g/mol. The van der Waals surface area contributed by atoms with Crippen LogP contribution >= 0.6 is 12.4 Å². The van der Waals surface area contributed by atoms with Gasteiger partial charge in [-0.15, -0.1) is 12.4 Å². The van der Waals surface area contributed by atoms with Crippen LogP contribution < -0.4 is 10.6 Å². The van der Waals surface area contributed by atoms with Gasteiger partial charge in [0.25, 0.3) is 11.8 Å². The van der Waals surface area contributed by atoms with Crippen LogP contribution in [-0.4, -0.2) is 53.1 Å². The first kappa shape index (κ1) is 33.2. The normalized spacial score (nSPS) is 16.0. The highest BCUT2D eigenvalue weighted by Crippen LogP contribution is 2.21. The highest BCUT2D eigenvalue weighted by Gasteiger charge is 2.28. The number of hydrogen-bond acceptors (Lipinski definition) is 4. The van der Waals surface area contributed by atoms with Crippen molar-refractivity contribution >= 4 is 24.2 Å². The third-order valence-corrected chi connectivity index (χ3v) is 7.64. The van der Waals surface area contributed by atoms with E-state index < -0.39 is 29.7 Å². The summed E-state index contributed by atoms with van der Waals surface area (Å²) in [6.45, 7) is 7.26. The first-order valence-electron chi connectivity index (χ1n) is 14.3. The van der Waals surface area contributed by atoms with E-state index in [1.54, 1.807) is 18.2 Å².